The minimum absolute atomic E-state index is 0.473. The molecule has 0 aromatic heterocycles. The smallest absolute Gasteiger partial charge is 0.211 e. The Kier molecular flexibility index (Phi) is 4.67. The second-order valence-electron chi connectivity index (χ2n) is 5.13. The summed E-state index contributed by atoms with van der Waals surface area (Å²) in [6, 6.07) is 7.80. The Balaban J connectivity index is 2.15. The van der Waals surface area contributed by atoms with Crippen LogP contribution in [0.15, 0.2) is 24.3 Å². The number of aliphatic hydroxyl groups excluding tert-OH is 1. The molecule has 6 heteroatoms. The summed E-state index contributed by atoms with van der Waals surface area (Å²) in [5, 5.41) is 10.1. The van der Waals surface area contributed by atoms with Gasteiger partial charge in [0.25, 0.3) is 0 Å². The van der Waals surface area contributed by atoms with Crippen LogP contribution in [0.1, 0.15) is 25.0 Å². The van der Waals surface area contributed by atoms with E-state index in [1.54, 1.807) is 0 Å². The van der Waals surface area contributed by atoms with Crippen LogP contribution in [0, 0.1) is 0 Å². The molecule has 1 aliphatic rings. The Morgan fingerprint density at radius 1 is 1.20 bits per heavy atom. The molecule has 1 saturated heterocycles. The van der Waals surface area contributed by atoms with Crippen molar-refractivity contribution in [2.75, 3.05) is 37.3 Å². The molecule has 0 radical (unpaired) electrons. The summed E-state index contributed by atoms with van der Waals surface area (Å²) in [4.78, 5) is 2.15. The highest BCUT2D eigenvalue weighted by atomic mass is 32.2. The van der Waals surface area contributed by atoms with Crippen LogP contribution in [0.3, 0.4) is 0 Å². The normalized spacial score (nSPS) is 19.1. The molecule has 0 amide bonds. The molecular weight excluding hydrogens is 276 g/mol. The third kappa shape index (κ3) is 3.31. The number of rotatable bonds is 4. The maximum Gasteiger partial charge on any atom is 0.211 e. The summed E-state index contributed by atoms with van der Waals surface area (Å²) in [5.74, 6) is 0. The zero-order valence-electron chi connectivity index (χ0n) is 12.0. The van der Waals surface area contributed by atoms with E-state index in [0.29, 0.717) is 32.6 Å². The number of hydrogen-bond acceptors (Lipinski definition) is 4. The van der Waals surface area contributed by atoms with Gasteiger partial charge in [0.05, 0.1) is 12.4 Å². The van der Waals surface area contributed by atoms with Crippen molar-refractivity contribution in [3.8, 4) is 0 Å². The lowest BCUT2D eigenvalue weighted by Crippen LogP contribution is -2.48. The summed E-state index contributed by atoms with van der Waals surface area (Å²) in [7, 11) is -3.11. The standard InChI is InChI=1S/C14H22N2O3S/c1-3-14(17)12-6-4-5-7-13(12)15-8-10-16(11-9-15)20(2,18)19/h4-7,14,17H,3,8-11H2,1-2H3/t14-/m0/s1. The Morgan fingerprint density at radius 3 is 2.35 bits per heavy atom. The first-order valence-electron chi connectivity index (χ1n) is 6.90. The van der Waals surface area contributed by atoms with Gasteiger partial charge in [-0.3, -0.25) is 0 Å². The van der Waals surface area contributed by atoms with E-state index in [1.807, 2.05) is 31.2 Å². The van der Waals surface area contributed by atoms with Crippen LogP contribution in [0.25, 0.3) is 0 Å². The fourth-order valence-electron chi connectivity index (χ4n) is 2.54. The number of benzene rings is 1. The molecule has 1 heterocycles. The number of sulfonamides is 1. The van der Waals surface area contributed by atoms with E-state index < -0.39 is 16.1 Å². The largest absolute Gasteiger partial charge is 0.388 e. The number of piperazine rings is 1. The molecule has 0 aliphatic carbocycles. The Hall–Kier alpha value is -1.11. The van der Waals surface area contributed by atoms with Gasteiger partial charge in [-0.1, -0.05) is 25.1 Å². The number of para-hydroxylation sites is 1. The van der Waals surface area contributed by atoms with Crippen LogP contribution < -0.4 is 4.90 Å². The topological polar surface area (TPSA) is 60.9 Å². The highest BCUT2D eigenvalue weighted by molar-refractivity contribution is 7.88. The van der Waals surface area contributed by atoms with Crippen molar-refractivity contribution < 1.29 is 13.5 Å². The van der Waals surface area contributed by atoms with Crippen molar-refractivity contribution in [3.63, 3.8) is 0 Å². The van der Waals surface area contributed by atoms with Gasteiger partial charge in [-0.25, -0.2) is 8.42 Å². The molecule has 5 nitrogen and oxygen atoms in total. The van der Waals surface area contributed by atoms with Crippen molar-refractivity contribution in [2.24, 2.45) is 0 Å². The number of aliphatic hydroxyl groups is 1. The van der Waals surface area contributed by atoms with Gasteiger partial charge in [0.15, 0.2) is 0 Å². The summed E-state index contributed by atoms with van der Waals surface area (Å²) in [6.07, 6.45) is 1.44. The van der Waals surface area contributed by atoms with Crippen molar-refractivity contribution in [3.05, 3.63) is 29.8 Å². The zero-order valence-corrected chi connectivity index (χ0v) is 12.8. The maximum atomic E-state index is 11.5. The van der Waals surface area contributed by atoms with Gasteiger partial charge in [-0.15, -0.1) is 0 Å². The minimum Gasteiger partial charge on any atom is -0.388 e. The number of anilines is 1. The van der Waals surface area contributed by atoms with E-state index in [-0.39, 0.29) is 0 Å². The monoisotopic (exact) mass is 298 g/mol. The molecule has 20 heavy (non-hydrogen) atoms. The maximum absolute atomic E-state index is 11.5. The molecule has 1 N–H and O–H groups in total. The average Bonchev–Trinajstić information content (AvgIpc) is 2.45. The molecular formula is C14H22N2O3S. The highest BCUT2D eigenvalue weighted by Crippen LogP contribution is 2.29. The van der Waals surface area contributed by atoms with Crippen LogP contribution in [0.5, 0.6) is 0 Å². The van der Waals surface area contributed by atoms with Gasteiger partial charge in [-0.2, -0.15) is 4.31 Å². The second kappa shape index (κ2) is 6.11. The first-order valence-corrected chi connectivity index (χ1v) is 8.75. The van der Waals surface area contributed by atoms with Gasteiger partial charge in [0, 0.05) is 37.4 Å². The van der Waals surface area contributed by atoms with E-state index in [2.05, 4.69) is 4.90 Å². The summed E-state index contributed by atoms with van der Waals surface area (Å²) < 4.78 is 24.5. The van der Waals surface area contributed by atoms with Crippen LogP contribution >= 0.6 is 0 Å². The lowest BCUT2D eigenvalue weighted by molar-refractivity contribution is 0.174. The van der Waals surface area contributed by atoms with Crippen molar-refractivity contribution >= 4 is 15.7 Å². The van der Waals surface area contributed by atoms with Gasteiger partial charge in [-0.05, 0) is 12.5 Å². The van der Waals surface area contributed by atoms with Crippen LogP contribution in [-0.4, -0.2) is 50.3 Å². The molecule has 0 saturated carbocycles. The van der Waals surface area contributed by atoms with Crippen molar-refractivity contribution in [2.45, 2.75) is 19.4 Å². The molecule has 112 valence electrons. The minimum atomic E-state index is -3.11. The lowest BCUT2D eigenvalue weighted by atomic mass is 10.0. The Bertz CT molecular complexity index is 551. The second-order valence-corrected chi connectivity index (χ2v) is 7.11. The van der Waals surface area contributed by atoms with E-state index in [9.17, 15) is 13.5 Å². The van der Waals surface area contributed by atoms with Gasteiger partial charge in [0.2, 0.25) is 10.0 Å². The molecule has 1 fully saturated rings. The van der Waals surface area contributed by atoms with Crippen LogP contribution in [0.4, 0.5) is 5.69 Å². The third-order valence-electron chi connectivity index (χ3n) is 3.73. The Labute approximate surface area is 120 Å². The van der Waals surface area contributed by atoms with Gasteiger partial charge in [0.1, 0.15) is 0 Å². The third-order valence-corrected chi connectivity index (χ3v) is 5.03. The molecule has 1 aliphatic heterocycles. The summed E-state index contributed by atoms with van der Waals surface area (Å²) >= 11 is 0. The fourth-order valence-corrected chi connectivity index (χ4v) is 3.36. The SMILES string of the molecule is CC[C@H](O)c1ccccc1N1CCN(S(C)(=O)=O)CC1. The van der Waals surface area contributed by atoms with Gasteiger partial charge < -0.3 is 10.0 Å². The molecule has 2 rings (SSSR count). The number of nitrogens with zero attached hydrogens (tertiary/aromatic N) is 2. The quantitative estimate of drug-likeness (QED) is 0.908. The molecule has 1 aromatic rings. The molecule has 1 atom stereocenters. The zero-order chi connectivity index (χ0) is 14.8. The molecule has 0 unspecified atom stereocenters. The summed E-state index contributed by atoms with van der Waals surface area (Å²) in [6.45, 7) is 4.24. The van der Waals surface area contributed by atoms with Crippen LogP contribution in [-0.2, 0) is 10.0 Å². The lowest BCUT2D eigenvalue weighted by Gasteiger charge is -2.36. The average molecular weight is 298 g/mol. The van der Waals surface area contributed by atoms with Crippen molar-refractivity contribution in [1.29, 1.82) is 0 Å². The van der Waals surface area contributed by atoms with E-state index in [1.165, 1.54) is 10.6 Å². The summed E-state index contributed by atoms with van der Waals surface area (Å²) in [5.41, 5.74) is 1.93. The van der Waals surface area contributed by atoms with E-state index in [0.717, 1.165) is 11.3 Å². The van der Waals surface area contributed by atoms with Gasteiger partial charge >= 0.3 is 0 Å². The first-order chi connectivity index (χ1) is 9.43. The first kappa shape index (κ1) is 15.3. The predicted octanol–water partition coefficient (Wildman–Crippen LogP) is 1.21. The molecule has 0 spiro atoms. The highest BCUT2D eigenvalue weighted by Gasteiger charge is 2.25. The number of hydrogen-bond donors (Lipinski definition) is 1. The van der Waals surface area contributed by atoms with E-state index in [4.69, 9.17) is 0 Å². The van der Waals surface area contributed by atoms with Crippen molar-refractivity contribution in [1.82, 2.24) is 4.31 Å². The molecule has 1 aromatic carbocycles. The van der Waals surface area contributed by atoms with Crippen LogP contribution in [0.2, 0.25) is 0 Å². The Morgan fingerprint density at radius 2 is 1.80 bits per heavy atom. The van der Waals surface area contributed by atoms with E-state index >= 15 is 0 Å². The molecule has 0 bridgehead atoms. The predicted molar refractivity (Wildman–Crippen MR) is 80.3 cm³/mol. The fraction of sp³-hybridized carbons (Fsp3) is 0.571.